The van der Waals surface area contributed by atoms with Gasteiger partial charge in [0.15, 0.2) is 0 Å². The van der Waals surface area contributed by atoms with Gasteiger partial charge in [-0.05, 0) is 37.5 Å². The molecule has 1 fully saturated rings. The maximum atomic E-state index is 12.6. The Bertz CT molecular complexity index is 470. The minimum absolute atomic E-state index is 0.0122. The van der Waals surface area contributed by atoms with Crippen LogP contribution in [0.5, 0.6) is 0 Å². The smallest absolute Gasteiger partial charge is 0.232 e. The zero-order chi connectivity index (χ0) is 15.1. The fourth-order valence-corrected chi connectivity index (χ4v) is 2.51. The monoisotopic (exact) mass is 292 g/mol. The van der Waals surface area contributed by atoms with E-state index < -0.39 is 5.41 Å². The van der Waals surface area contributed by atoms with Crippen LogP contribution in [0.1, 0.15) is 25.3 Å². The van der Waals surface area contributed by atoms with Crippen molar-refractivity contribution in [3.05, 3.63) is 29.8 Å². The van der Waals surface area contributed by atoms with Crippen LogP contribution in [-0.4, -0.2) is 32.3 Å². The Hall–Kier alpha value is -1.43. The number of anilines is 1. The Kier molecular flexibility index (Phi) is 5.73. The molecule has 21 heavy (non-hydrogen) atoms. The molecule has 0 aliphatic carbocycles. The van der Waals surface area contributed by atoms with Crippen molar-refractivity contribution in [1.82, 2.24) is 0 Å². The maximum Gasteiger partial charge on any atom is 0.232 e. The van der Waals surface area contributed by atoms with E-state index in [0.29, 0.717) is 45.8 Å². The summed E-state index contributed by atoms with van der Waals surface area (Å²) in [7, 11) is 0. The first-order chi connectivity index (χ1) is 10.2. The number of ether oxygens (including phenoxy) is 2. The molecular formula is C16H24N2O3. The Morgan fingerprint density at radius 2 is 2.19 bits per heavy atom. The average molecular weight is 292 g/mol. The van der Waals surface area contributed by atoms with Crippen LogP contribution >= 0.6 is 0 Å². The molecule has 5 nitrogen and oxygen atoms in total. The normalized spacial score (nSPS) is 17.4. The third kappa shape index (κ3) is 4.03. The molecule has 0 atom stereocenters. The largest absolute Gasteiger partial charge is 0.381 e. The van der Waals surface area contributed by atoms with Gasteiger partial charge in [0, 0.05) is 32.1 Å². The van der Waals surface area contributed by atoms with Gasteiger partial charge in [0.1, 0.15) is 0 Å². The predicted molar refractivity (Wildman–Crippen MR) is 81.9 cm³/mol. The number of carbonyl (C=O) groups is 1. The highest BCUT2D eigenvalue weighted by molar-refractivity contribution is 5.95. The molecule has 5 heteroatoms. The molecule has 3 N–H and O–H groups in total. The Labute approximate surface area is 125 Å². The number of rotatable bonds is 6. The van der Waals surface area contributed by atoms with Crippen molar-refractivity contribution in [3.8, 4) is 0 Å². The van der Waals surface area contributed by atoms with Gasteiger partial charge >= 0.3 is 0 Å². The van der Waals surface area contributed by atoms with Crippen LogP contribution in [0.3, 0.4) is 0 Å². The molecule has 1 aromatic carbocycles. The summed E-state index contributed by atoms with van der Waals surface area (Å²) in [5.74, 6) is -0.0122. The van der Waals surface area contributed by atoms with E-state index in [1.807, 2.05) is 31.2 Å². The van der Waals surface area contributed by atoms with Gasteiger partial charge in [-0.15, -0.1) is 0 Å². The minimum atomic E-state index is -0.506. The lowest BCUT2D eigenvalue weighted by molar-refractivity contribution is -0.130. The van der Waals surface area contributed by atoms with Crippen LogP contribution in [0.4, 0.5) is 5.69 Å². The molecule has 1 saturated heterocycles. The van der Waals surface area contributed by atoms with E-state index in [4.69, 9.17) is 15.2 Å². The number of hydrogen-bond donors (Lipinski definition) is 2. The molecule has 116 valence electrons. The van der Waals surface area contributed by atoms with Crippen LogP contribution in [-0.2, 0) is 20.9 Å². The van der Waals surface area contributed by atoms with Gasteiger partial charge in [-0.1, -0.05) is 12.1 Å². The Balaban J connectivity index is 2.04. The Morgan fingerprint density at radius 1 is 1.43 bits per heavy atom. The van der Waals surface area contributed by atoms with Crippen molar-refractivity contribution in [1.29, 1.82) is 0 Å². The molecule has 2 rings (SSSR count). The van der Waals surface area contributed by atoms with E-state index in [1.54, 1.807) is 0 Å². The molecule has 0 bridgehead atoms. The zero-order valence-corrected chi connectivity index (χ0v) is 12.6. The summed E-state index contributed by atoms with van der Waals surface area (Å²) >= 11 is 0. The highest BCUT2D eigenvalue weighted by Gasteiger charge is 2.38. The number of nitrogens with one attached hydrogen (secondary N) is 1. The van der Waals surface area contributed by atoms with Gasteiger partial charge in [0.25, 0.3) is 0 Å². The third-order valence-corrected chi connectivity index (χ3v) is 3.98. The zero-order valence-electron chi connectivity index (χ0n) is 12.6. The van der Waals surface area contributed by atoms with Crippen LogP contribution in [0.2, 0.25) is 0 Å². The first-order valence-corrected chi connectivity index (χ1v) is 7.46. The minimum Gasteiger partial charge on any atom is -0.381 e. The number of amides is 1. The fraction of sp³-hybridized carbons (Fsp3) is 0.562. The van der Waals surface area contributed by atoms with E-state index in [9.17, 15) is 4.79 Å². The van der Waals surface area contributed by atoms with E-state index in [0.717, 1.165) is 11.3 Å². The molecule has 0 radical (unpaired) electrons. The number of hydrogen-bond acceptors (Lipinski definition) is 4. The van der Waals surface area contributed by atoms with Crippen LogP contribution in [0.15, 0.2) is 24.3 Å². The van der Waals surface area contributed by atoms with Gasteiger partial charge < -0.3 is 20.5 Å². The summed E-state index contributed by atoms with van der Waals surface area (Å²) in [4.78, 5) is 12.6. The summed E-state index contributed by atoms with van der Waals surface area (Å²) < 4.78 is 10.7. The molecule has 0 saturated carbocycles. The second-order valence-corrected chi connectivity index (χ2v) is 5.39. The van der Waals surface area contributed by atoms with Crippen LogP contribution in [0.25, 0.3) is 0 Å². The second kappa shape index (κ2) is 7.54. The number of nitrogens with two attached hydrogens (primary N) is 1. The topological polar surface area (TPSA) is 73.6 Å². The molecule has 0 unspecified atom stereocenters. The SMILES string of the molecule is CCOCc1cccc(NC(=O)C2(CN)CCOCC2)c1. The van der Waals surface area contributed by atoms with Crippen molar-refractivity contribution in [2.75, 3.05) is 31.7 Å². The second-order valence-electron chi connectivity index (χ2n) is 5.39. The lowest BCUT2D eigenvalue weighted by Crippen LogP contribution is -2.46. The molecule has 1 aromatic rings. The fourth-order valence-electron chi connectivity index (χ4n) is 2.51. The van der Waals surface area contributed by atoms with Crippen LogP contribution in [0, 0.1) is 5.41 Å². The quantitative estimate of drug-likeness (QED) is 0.840. The molecule has 1 heterocycles. The lowest BCUT2D eigenvalue weighted by Gasteiger charge is -2.34. The molecular weight excluding hydrogens is 268 g/mol. The Morgan fingerprint density at radius 3 is 2.86 bits per heavy atom. The average Bonchev–Trinajstić information content (AvgIpc) is 2.54. The van der Waals surface area contributed by atoms with Gasteiger partial charge in [0.05, 0.1) is 12.0 Å². The summed E-state index contributed by atoms with van der Waals surface area (Å²) in [6.07, 6.45) is 1.35. The van der Waals surface area contributed by atoms with Gasteiger partial charge in [-0.25, -0.2) is 0 Å². The summed E-state index contributed by atoms with van der Waals surface area (Å²) in [6, 6.07) is 7.73. The van der Waals surface area contributed by atoms with E-state index in [1.165, 1.54) is 0 Å². The van der Waals surface area contributed by atoms with Crippen LogP contribution < -0.4 is 11.1 Å². The predicted octanol–water partition coefficient (Wildman–Crippen LogP) is 1.92. The molecule has 0 aromatic heterocycles. The van der Waals surface area contributed by atoms with Crippen molar-refractivity contribution in [3.63, 3.8) is 0 Å². The van der Waals surface area contributed by atoms with Gasteiger partial charge in [0.2, 0.25) is 5.91 Å². The van der Waals surface area contributed by atoms with Gasteiger partial charge in [-0.2, -0.15) is 0 Å². The van der Waals surface area contributed by atoms with Crippen molar-refractivity contribution in [2.45, 2.75) is 26.4 Å². The van der Waals surface area contributed by atoms with Crippen molar-refractivity contribution < 1.29 is 14.3 Å². The molecule has 0 spiro atoms. The first-order valence-electron chi connectivity index (χ1n) is 7.46. The van der Waals surface area contributed by atoms with E-state index >= 15 is 0 Å². The van der Waals surface area contributed by atoms with E-state index in [2.05, 4.69) is 5.32 Å². The standard InChI is InChI=1S/C16H24N2O3/c1-2-20-11-13-4-3-5-14(10-13)18-15(19)16(12-17)6-8-21-9-7-16/h3-5,10H,2,6-9,11-12,17H2,1H3,(H,18,19). The van der Waals surface area contributed by atoms with Gasteiger partial charge in [-0.3, -0.25) is 4.79 Å². The highest BCUT2D eigenvalue weighted by atomic mass is 16.5. The van der Waals surface area contributed by atoms with Crippen molar-refractivity contribution >= 4 is 11.6 Å². The molecule has 1 aliphatic heterocycles. The summed E-state index contributed by atoms with van der Waals surface area (Å²) in [5.41, 5.74) is 7.18. The summed E-state index contributed by atoms with van der Waals surface area (Å²) in [5, 5.41) is 2.99. The highest BCUT2D eigenvalue weighted by Crippen LogP contribution is 2.31. The van der Waals surface area contributed by atoms with Crippen molar-refractivity contribution in [2.24, 2.45) is 11.1 Å². The molecule has 1 amide bonds. The lowest BCUT2D eigenvalue weighted by atomic mass is 9.79. The third-order valence-electron chi connectivity index (χ3n) is 3.98. The number of benzene rings is 1. The first kappa shape index (κ1) is 15.9. The maximum absolute atomic E-state index is 12.6. The molecule has 1 aliphatic rings. The van der Waals surface area contributed by atoms with E-state index in [-0.39, 0.29) is 5.91 Å². The summed E-state index contributed by atoms with van der Waals surface area (Å²) in [6.45, 7) is 4.72. The number of carbonyl (C=O) groups excluding carboxylic acids is 1.